The van der Waals surface area contributed by atoms with Crippen LogP contribution in [0.25, 0.3) is 6.08 Å². The van der Waals surface area contributed by atoms with Crippen LogP contribution in [0.5, 0.6) is 5.75 Å². The minimum absolute atomic E-state index is 0.434. The van der Waals surface area contributed by atoms with Gasteiger partial charge in [-0.05, 0) is 29.3 Å². The number of aliphatic imine (C=N–C) groups is 2. The Morgan fingerprint density at radius 3 is 2.69 bits per heavy atom. The molecule has 1 aliphatic carbocycles. The summed E-state index contributed by atoms with van der Waals surface area (Å²) in [4.78, 5) is 9.32. The number of hydrogen-bond acceptors (Lipinski definition) is 5. The van der Waals surface area contributed by atoms with E-state index in [4.69, 9.17) is 4.74 Å². The second-order valence-electron chi connectivity index (χ2n) is 6.19. The molecule has 26 heavy (non-hydrogen) atoms. The molecule has 0 unspecified atom stereocenters. The van der Waals surface area contributed by atoms with Crippen molar-refractivity contribution in [2.75, 3.05) is 18.1 Å². The number of anilines is 1. The first-order valence-corrected chi connectivity index (χ1v) is 9.94. The maximum Gasteiger partial charge on any atom is 0.229 e. The van der Waals surface area contributed by atoms with Gasteiger partial charge in [0.1, 0.15) is 5.75 Å². The Morgan fingerprint density at radius 2 is 1.92 bits per heavy atom. The number of fused-ring (bicyclic) bond motifs is 2. The molecule has 0 aromatic heterocycles. The lowest BCUT2D eigenvalue weighted by atomic mass is 9.94. The number of rotatable bonds is 4. The topological polar surface area (TPSA) is 80.1 Å². The van der Waals surface area contributed by atoms with Crippen molar-refractivity contribution in [3.63, 3.8) is 0 Å². The van der Waals surface area contributed by atoms with Crippen LogP contribution in [-0.4, -0.2) is 33.3 Å². The summed E-state index contributed by atoms with van der Waals surface area (Å²) in [6.07, 6.45) is 3.89. The van der Waals surface area contributed by atoms with E-state index in [2.05, 4.69) is 26.8 Å². The van der Waals surface area contributed by atoms with Crippen molar-refractivity contribution in [2.45, 2.75) is 6.42 Å². The van der Waals surface area contributed by atoms with Crippen molar-refractivity contribution in [1.82, 2.24) is 0 Å². The van der Waals surface area contributed by atoms with Crippen LogP contribution in [0.4, 0.5) is 5.69 Å². The number of sulfonamides is 1. The zero-order chi connectivity index (χ0) is 18.3. The Bertz CT molecular complexity index is 1100. The van der Waals surface area contributed by atoms with Crippen molar-refractivity contribution < 1.29 is 13.2 Å². The molecule has 6 nitrogen and oxygen atoms in total. The Hall–Kier alpha value is -2.93. The van der Waals surface area contributed by atoms with Gasteiger partial charge in [-0.1, -0.05) is 24.3 Å². The van der Waals surface area contributed by atoms with E-state index < -0.39 is 10.0 Å². The Kier molecular flexibility index (Phi) is 3.88. The van der Waals surface area contributed by atoms with E-state index in [1.807, 2.05) is 18.2 Å². The molecule has 1 aliphatic heterocycles. The quantitative estimate of drug-likeness (QED) is 0.902. The minimum Gasteiger partial charge on any atom is -0.496 e. The lowest BCUT2D eigenvalue weighted by molar-refractivity contribution is 0.414. The average molecular weight is 367 g/mol. The minimum atomic E-state index is -3.35. The summed E-state index contributed by atoms with van der Waals surface area (Å²) in [6.45, 7) is 0. The summed E-state index contributed by atoms with van der Waals surface area (Å²) in [5, 5.41) is 0. The summed E-state index contributed by atoms with van der Waals surface area (Å²) in [5.74, 6) is 1.08. The van der Waals surface area contributed by atoms with Gasteiger partial charge in [-0.3, -0.25) is 4.72 Å². The van der Waals surface area contributed by atoms with Crippen molar-refractivity contribution in [1.29, 1.82) is 0 Å². The second kappa shape index (κ2) is 6.10. The molecular formula is C19H17N3O3S. The number of nitrogens with one attached hydrogen (secondary N) is 1. The molecule has 0 fully saturated rings. The van der Waals surface area contributed by atoms with Crippen molar-refractivity contribution >= 4 is 33.3 Å². The third kappa shape index (κ3) is 3.13. The summed E-state index contributed by atoms with van der Waals surface area (Å²) in [7, 11) is -1.82. The number of ether oxygens (including phenoxy) is 1. The fourth-order valence-corrected chi connectivity index (χ4v) is 3.63. The molecule has 0 spiro atoms. The fourth-order valence-electron chi connectivity index (χ4n) is 3.07. The lowest BCUT2D eigenvalue weighted by Crippen LogP contribution is -2.10. The summed E-state index contributed by atoms with van der Waals surface area (Å²) >= 11 is 0. The normalized spacial score (nSPS) is 15.4. The highest BCUT2D eigenvalue weighted by molar-refractivity contribution is 7.92. The van der Waals surface area contributed by atoms with Crippen molar-refractivity contribution in [3.05, 3.63) is 64.9 Å². The molecule has 132 valence electrons. The Balaban J connectivity index is 1.71. The lowest BCUT2D eigenvalue weighted by Gasteiger charge is -2.12. The first-order valence-electron chi connectivity index (χ1n) is 8.05. The maximum absolute atomic E-state index is 11.4. The summed E-state index contributed by atoms with van der Waals surface area (Å²) < 4.78 is 30.7. The molecule has 1 N–H and O–H groups in total. The molecule has 0 bridgehead atoms. The molecule has 2 aromatic rings. The van der Waals surface area contributed by atoms with Crippen LogP contribution in [0.15, 0.2) is 58.1 Å². The first-order chi connectivity index (χ1) is 12.4. The molecule has 2 aromatic carbocycles. The smallest absolute Gasteiger partial charge is 0.229 e. The molecule has 1 heterocycles. The number of amidine groups is 1. The van der Waals surface area contributed by atoms with Crippen molar-refractivity contribution in [3.8, 4) is 5.75 Å². The number of benzene rings is 2. The number of methoxy groups -OCH3 is 1. The highest BCUT2D eigenvalue weighted by atomic mass is 32.2. The summed E-state index contributed by atoms with van der Waals surface area (Å²) in [5.41, 5.74) is 5.33. The molecule has 7 heteroatoms. The third-order valence-electron chi connectivity index (χ3n) is 4.21. The molecular weight excluding hydrogens is 350 g/mol. The predicted molar refractivity (Wildman–Crippen MR) is 104 cm³/mol. The SMILES string of the molecule is COc1cc(NS(C)(=O)=O)ccc1C1=NC2=Cc3ccccc3CC2=N1. The van der Waals surface area contributed by atoms with E-state index in [0.717, 1.165) is 35.2 Å². The van der Waals surface area contributed by atoms with E-state index in [0.29, 0.717) is 17.3 Å². The Labute approximate surface area is 152 Å². The van der Waals surface area contributed by atoms with Gasteiger partial charge in [-0.15, -0.1) is 0 Å². The van der Waals surface area contributed by atoms with Crippen LogP contribution in [0.1, 0.15) is 16.7 Å². The zero-order valence-corrected chi connectivity index (χ0v) is 15.2. The number of hydrogen-bond donors (Lipinski definition) is 1. The van der Waals surface area contributed by atoms with Gasteiger partial charge in [0.15, 0.2) is 5.84 Å². The maximum atomic E-state index is 11.4. The second-order valence-corrected chi connectivity index (χ2v) is 7.94. The van der Waals surface area contributed by atoms with Gasteiger partial charge < -0.3 is 4.74 Å². The molecule has 0 saturated carbocycles. The van der Waals surface area contributed by atoms with Crippen molar-refractivity contribution in [2.24, 2.45) is 9.98 Å². The molecule has 0 amide bonds. The average Bonchev–Trinajstić information content (AvgIpc) is 3.00. The highest BCUT2D eigenvalue weighted by Crippen LogP contribution is 2.31. The summed E-state index contributed by atoms with van der Waals surface area (Å²) in [6, 6.07) is 13.3. The van der Waals surface area contributed by atoms with Gasteiger partial charge in [-0.2, -0.15) is 0 Å². The van der Waals surface area contributed by atoms with Gasteiger partial charge in [0.25, 0.3) is 0 Å². The van der Waals surface area contributed by atoms with E-state index in [1.54, 1.807) is 18.2 Å². The molecule has 2 aliphatic rings. The van der Waals surface area contributed by atoms with E-state index in [-0.39, 0.29) is 0 Å². The van der Waals surface area contributed by atoms with E-state index in [1.165, 1.54) is 12.7 Å². The zero-order valence-electron chi connectivity index (χ0n) is 14.4. The predicted octanol–water partition coefficient (Wildman–Crippen LogP) is 2.87. The van der Waals surface area contributed by atoms with Crippen LogP contribution in [0.2, 0.25) is 0 Å². The highest BCUT2D eigenvalue weighted by Gasteiger charge is 2.24. The molecule has 0 saturated heterocycles. The third-order valence-corrected chi connectivity index (χ3v) is 4.82. The van der Waals surface area contributed by atoms with Gasteiger partial charge >= 0.3 is 0 Å². The standard InChI is InChI=1S/C19H17N3O3S/c1-25-18-11-14(22-26(2,23)24)7-8-15(18)19-20-16-9-12-5-3-4-6-13(12)10-17(16)21-19/h3-9,11,22H,10H2,1-2H3. The van der Waals surface area contributed by atoms with Crippen LogP contribution >= 0.6 is 0 Å². The molecule has 4 rings (SSSR count). The fraction of sp³-hybridized carbons (Fsp3) is 0.158. The van der Waals surface area contributed by atoms with Gasteiger partial charge in [-0.25, -0.2) is 18.4 Å². The van der Waals surface area contributed by atoms with Crippen LogP contribution < -0.4 is 9.46 Å². The van der Waals surface area contributed by atoms with Crippen LogP contribution in [0.3, 0.4) is 0 Å². The largest absolute Gasteiger partial charge is 0.496 e. The van der Waals surface area contributed by atoms with E-state index >= 15 is 0 Å². The van der Waals surface area contributed by atoms with Crippen LogP contribution in [-0.2, 0) is 16.4 Å². The van der Waals surface area contributed by atoms with E-state index in [9.17, 15) is 8.42 Å². The van der Waals surface area contributed by atoms with Gasteiger partial charge in [0, 0.05) is 12.5 Å². The number of allylic oxidation sites excluding steroid dienone is 1. The monoisotopic (exact) mass is 367 g/mol. The molecule has 0 radical (unpaired) electrons. The molecule has 0 atom stereocenters. The van der Waals surface area contributed by atoms with Crippen LogP contribution in [0, 0.1) is 0 Å². The first kappa shape index (κ1) is 16.5. The Morgan fingerprint density at radius 1 is 1.12 bits per heavy atom. The number of nitrogens with zero attached hydrogens (tertiary/aromatic N) is 2. The van der Waals surface area contributed by atoms with Gasteiger partial charge in [0.05, 0.1) is 36.0 Å². The van der Waals surface area contributed by atoms with Gasteiger partial charge in [0.2, 0.25) is 10.0 Å².